The van der Waals surface area contributed by atoms with Gasteiger partial charge in [0.15, 0.2) is 0 Å². The van der Waals surface area contributed by atoms with Crippen molar-refractivity contribution in [1.29, 1.82) is 0 Å². The van der Waals surface area contributed by atoms with E-state index in [1.54, 1.807) is 31.2 Å². The maximum absolute atomic E-state index is 12.0. The van der Waals surface area contributed by atoms with E-state index in [0.29, 0.717) is 16.5 Å². The minimum Gasteiger partial charge on any atom is -0.550 e. The third kappa shape index (κ3) is 6.31. The van der Waals surface area contributed by atoms with Gasteiger partial charge in [-0.05, 0) is 40.4 Å². The number of benzene rings is 1. The first-order valence-electron chi connectivity index (χ1n) is 7.91. The second kappa shape index (κ2) is 10.1. The maximum atomic E-state index is 12.0. The van der Waals surface area contributed by atoms with Crippen LogP contribution >= 0.6 is 15.9 Å². The Morgan fingerprint density at radius 3 is 2.46 bits per heavy atom. The predicted octanol–water partition coefficient (Wildman–Crippen LogP) is 1.79. The largest absolute Gasteiger partial charge is 0.550 e. The lowest BCUT2D eigenvalue weighted by atomic mass is 9.87. The van der Waals surface area contributed by atoms with Crippen molar-refractivity contribution in [3.05, 3.63) is 34.3 Å². The second-order valence-corrected chi connectivity index (χ2v) is 6.59. The Bertz CT molecular complexity index is 592. The van der Waals surface area contributed by atoms with Crippen LogP contribution in [-0.2, 0) is 9.59 Å². The summed E-state index contributed by atoms with van der Waals surface area (Å²) in [5, 5.41) is 11.2. The summed E-state index contributed by atoms with van der Waals surface area (Å²) in [5.74, 6) is -3.07. The molecular formula is C17H22BrN2O4-. The van der Waals surface area contributed by atoms with E-state index in [2.05, 4.69) is 26.8 Å². The molecule has 0 heterocycles. The molecule has 1 aromatic carbocycles. The Balaban J connectivity index is 2.51. The molecular weight excluding hydrogens is 376 g/mol. The summed E-state index contributed by atoms with van der Waals surface area (Å²) in [4.78, 5) is 35.1. The van der Waals surface area contributed by atoms with Crippen LogP contribution in [0.3, 0.4) is 0 Å². The maximum Gasteiger partial charge on any atom is 0.270 e. The van der Waals surface area contributed by atoms with Gasteiger partial charge in [0.1, 0.15) is 0 Å². The summed E-state index contributed by atoms with van der Waals surface area (Å²) < 4.78 is 0.613. The minimum atomic E-state index is -1.14. The fourth-order valence-corrected chi connectivity index (χ4v) is 2.85. The second-order valence-electron chi connectivity index (χ2n) is 5.73. The first-order chi connectivity index (χ1) is 11.4. The number of rotatable bonds is 8. The molecule has 0 aliphatic heterocycles. The van der Waals surface area contributed by atoms with Crippen molar-refractivity contribution in [3.8, 4) is 0 Å². The third-order valence-electron chi connectivity index (χ3n) is 3.80. The van der Waals surface area contributed by atoms with Gasteiger partial charge < -0.3 is 9.90 Å². The monoisotopic (exact) mass is 397 g/mol. The highest BCUT2D eigenvalue weighted by atomic mass is 79.9. The Morgan fingerprint density at radius 1 is 1.21 bits per heavy atom. The SMILES string of the molecule is CCCC[C@H](C(=O)[O-])[C@H](C)CC(=O)NNC(=O)c1ccccc1Br. The molecule has 0 radical (unpaired) electrons. The molecule has 132 valence electrons. The Labute approximate surface area is 150 Å². The summed E-state index contributed by atoms with van der Waals surface area (Å²) in [6.07, 6.45) is 2.13. The summed E-state index contributed by atoms with van der Waals surface area (Å²) in [5.41, 5.74) is 5.03. The van der Waals surface area contributed by atoms with Gasteiger partial charge in [0.05, 0.1) is 5.56 Å². The van der Waals surface area contributed by atoms with Gasteiger partial charge in [0.25, 0.3) is 5.91 Å². The zero-order chi connectivity index (χ0) is 18.1. The van der Waals surface area contributed by atoms with Crippen LogP contribution < -0.4 is 16.0 Å². The zero-order valence-corrected chi connectivity index (χ0v) is 15.4. The van der Waals surface area contributed by atoms with Crippen LogP contribution in [0.15, 0.2) is 28.7 Å². The van der Waals surface area contributed by atoms with Gasteiger partial charge in [-0.3, -0.25) is 20.4 Å². The molecule has 0 saturated heterocycles. The number of carbonyl (C=O) groups excluding carboxylic acids is 3. The van der Waals surface area contributed by atoms with Crippen LogP contribution in [0.25, 0.3) is 0 Å². The number of carboxylic acid groups (broad SMARTS) is 1. The van der Waals surface area contributed by atoms with Gasteiger partial charge in [-0.25, -0.2) is 0 Å². The van der Waals surface area contributed by atoms with Crippen molar-refractivity contribution in [2.45, 2.75) is 39.5 Å². The first kappa shape index (κ1) is 20.2. The van der Waals surface area contributed by atoms with E-state index in [0.717, 1.165) is 12.8 Å². The average Bonchev–Trinajstić information content (AvgIpc) is 2.53. The molecule has 0 saturated carbocycles. The number of nitrogens with one attached hydrogen (secondary N) is 2. The number of amides is 2. The highest BCUT2D eigenvalue weighted by molar-refractivity contribution is 9.10. The molecule has 0 fully saturated rings. The number of carbonyl (C=O) groups is 3. The molecule has 0 aromatic heterocycles. The average molecular weight is 398 g/mol. The summed E-state index contributed by atoms with van der Waals surface area (Å²) in [6.45, 7) is 3.67. The lowest BCUT2D eigenvalue weighted by molar-refractivity contribution is -0.313. The number of carboxylic acids is 1. The van der Waals surface area contributed by atoms with Crippen molar-refractivity contribution < 1.29 is 19.5 Å². The van der Waals surface area contributed by atoms with E-state index in [1.807, 2.05) is 6.92 Å². The third-order valence-corrected chi connectivity index (χ3v) is 4.49. The minimum absolute atomic E-state index is 0.00139. The van der Waals surface area contributed by atoms with Crippen molar-refractivity contribution in [3.63, 3.8) is 0 Å². The van der Waals surface area contributed by atoms with E-state index in [1.165, 1.54) is 0 Å². The molecule has 6 nitrogen and oxygen atoms in total. The lowest BCUT2D eigenvalue weighted by Gasteiger charge is -2.24. The molecule has 1 aromatic rings. The zero-order valence-electron chi connectivity index (χ0n) is 13.8. The molecule has 7 heteroatoms. The van der Waals surface area contributed by atoms with Gasteiger partial charge >= 0.3 is 0 Å². The van der Waals surface area contributed by atoms with Gasteiger partial charge in [0.2, 0.25) is 5.91 Å². The molecule has 2 amide bonds. The number of aliphatic carboxylic acids is 1. The van der Waals surface area contributed by atoms with Crippen LogP contribution in [0.1, 0.15) is 49.9 Å². The number of halogens is 1. The molecule has 2 N–H and O–H groups in total. The standard InChI is InChI=1S/C17H23BrN2O4/c1-3-4-7-12(17(23)24)11(2)10-15(21)19-20-16(22)13-8-5-6-9-14(13)18/h5-6,8-9,11-12H,3-4,7,10H2,1-2H3,(H,19,21)(H,20,22)(H,23,24)/p-1/t11-,12+/m1/s1. The van der Waals surface area contributed by atoms with Gasteiger partial charge in [-0.2, -0.15) is 0 Å². The summed E-state index contributed by atoms with van der Waals surface area (Å²) in [7, 11) is 0. The molecule has 0 aliphatic carbocycles. The molecule has 24 heavy (non-hydrogen) atoms. The van der Waals surface area contributed by atoms with Crippen molar-refractivity contribution in [2.75, 3.05) is 0 Å². The predicted molar refractivity (Wildman–Crippen MR) is 91.6 cm³/mol. The highest BCUT2D eigenvalue weighted by Crippen LogP contribution is 2.21. The number of hydrogen-bond acceptors (Lipinski definition) is 4. The molecule has 0 unspecified atom stereocenters. The molecule has 0 bridgehead atoms. The van der Waals surface area contributed by atoms with Crippen LogP contribution in [0.5, 0.6) is 0 Å². The quantitative estimate of drug-likeness (QED) is 0.653. The van der Waals surface area contributed by atoms with Gasteiger partial charge in [0, 0.05) is 22.8 Å². The van der Waals surface area contributed by atoms with Crippen molar-refractivity contribution >= 4 is 33.7 Å². The number of unbranched alkanes of at least 4 members (excludes halogenated alkanes) is 1. The summed E-state index contributed by atoms with van der Waals surface area (Å²) in [6, 6.07) is 6.82. The van der Waals surface area contributed by atoms with Crippen molar-refractivity contribution in [1.82, 2.24) is 10.9 Å². The van der Waals surface area contributed by atoms with Crippen LogP contribution in [-0.4, -0.2) is 17.8 Å². The normalized spacial score (nSPS) is 13.0. The Morgan fingerprint density at radius 2 is 1.88 bits per heavy atom. The highest BCUT2D eigenvalue weighted by Gasteiger charge is 2.21. The van der Waals surface area contributed by atoms with E-state index < -0.39 is 23.7 Å². The van der Waals surface area contributed by atoms with Crippen LogP contribution in [0.2, 0.25) is 0 Å². The van der Waals surface area contributed by atoms with Crippen molar-refractivity contribution in [2.24, 2.45) is 11.8 Å². The Hall–Kier alpha value is -1.89. The van der Waals surface area contributed by atoms with E-state index in [9.17, 15) is 19.5 Å². The van der Waals surface area contributed by atoms with Gasteiger partial charge in [-0.1, -0.05) is 38.8 Å². The van der Waals surface area contributed by atoms with E-state index >= 15 is 0 Å². The topological polar surface area (TPSA) is 98.3 Å². The lowest BCUT2D eigenvalue weighted by Crippen LogP contribution is -2.43. The number of hydrazine groups is 1. The summed E-state index contributed by atoms with van der Waals surface area (Å²) >= 11 is 3.26. The molecule has 0 aliphatic rings. The smallest absolute Gasteiger partial charge is 0.270 e. The Kier molecular flexibility index (Phi) is 8.46. The molecule has 2 atom stereocenters. The number of hydrogen-bond donors (Lipinski definition) is 2. The van der Waals surface area contributed by atoms with Gasteiger partial charge in [-0.15, -0.1) is 0 Å². The first-order valence-corrected chi connectivity index (χ1v) is 8.70. The van der Waals surface area contributed by atoms with E-state index in [4.69, 9.17) is 0 Å². The molecule has 1 rings (SSSR count). The van der Waals surface area contributed by atoms with Crippen LogP contribution in [0.4, 0.5) is 0 Å². The molecule has 0 spiro atoms. The fourth-order valence-electron chi connectivity index (χ4n) is 2.38. The van der Waals surface area contributed by atoms with Crippen LogP contribution in [0, 0.1) is 11.8 Å². The fraction of sp³-hybridized carbons (Fsp3) is 0.471. The van der Waals surface area contributed by atoms with E-state index in [-0.39, 0.29) is 12.3 Å².